The molecule has 0 aliphatic rings. The molecule has 1 heterocycles. The van der Waals surface area contributed by atoms with Crippen LogP contribution in [0.2, 0.25) is 0 Å². The Labute approximate surface area is 161 Å². The highest BCUT2D eigenvalue weighted by Gasteiger charge is 2.25. The molecule has 2 amide bonds. The van der Waals surface area contributed by atoms with Gasteiger partial charge in [-0.15, -0.1) is 0 Å². The van der Waals surface area contributed by atoms with E-state index in [1.54, 1.807) is 26.0 Å². The average molecular weight is 389 g/mol. The fourth-order valence-corrected chi connectivity index (χ4v) is 2.59. The summed E-state index contributed by atoms with van der Waals surface area (Å²) in [6.45, 7) is 3.97. The molecule has 2 aromatic rings. The summed E-state index contributed by atoms with van der Waals surface area (Å²) in [7, 11) is 0. The van der Waals surface area contributed by atoms with Gasteiger partial charge in [0.25, 0.3) is 5.91 Å². The summed E-state index contributed by atoms with van der Waals surface area (Å²) in [6.07, 6.45) is 0.0444. The van der Waals surface area contributed by atoms with Gasteiger partial charge >= 0.3 is 11.6 Å². The predicted octanol–water partition coefficient (Wildman–Crippen LogP) is 0.953. The molecule has 28 heavy (non-hydrogen) atoms. The van der Waals surface area contributed by atoms with Gasteiger partial charge in [-0.25, -0.2) is 9.59 Å². The number of esters is 1. The van der Waals surface area contributed by atoms with E-state index in [4.69, 9.17) is 14.9 Å². The maximum Gasteiger partial charge on any atom is 0.349 e. The van der Waals surface area contributed by atoms with Crippen LogP contribution in [0.15, 0.2) is 33.5 Å². The third-order valence-corrected chi connectivity index (χ3v) is 3.91. The van der Waals surface area contributed by atoms with Crippen LogP contribution in [-0.4, -0.2) is 37.0 Å². The number of nitrogens with two attached hydrogens (primary N) is 1. The first-order chi connectivity index (χ1) is 13.3. The largest absolute Gasteiger partial charge is 0.464 e. The number of carbonyl (C=O) groups is 3. The fraction of sp³-hybridized carbons (Fsp3) is 0.368. The fourth-order valence-electron chi connectivity index (χ4n) is 2.59. The third-order valence-electron chi connectivity index (χ3n) is 3.91. The number of hydrogen-bond donors (Lipinski definition) is 3. The highest BCUT2D eigenvalue weighted by atomic mass is 16.5. The van der Waals surface area contributed by atoms with Crippen LogP contribution in [-0.2, 0) is 14.3 Å². The minimum absolute atomic E-state index is 0.0143. The van der Waals surface area contributed by atoms with Crippen LogP contribution in [0.3, 0.4) is 0 Å². The van der Waals surface area contributed by atoms with Gasteiger partial charge < -0.3 is 25.5 Å². The molecule has 0 spiro atoms. The van der Waals surface area contributed by atoms with Crippen molar-refractivity contribution >= 4 is 34.4 Å². The van der Waals surface area contributed by atoms with Crippen molar-refractivity contribution in [2.75, 3.05) is 18.9 Å². The zero-order valence-corrected chi connectivity index (χ0v) is 15.7. The minimum Gasteiger partial charge on any atom is -0.464 e. The summed E-state index contributed by atoms with van der Waals surface area (Å²) in [6, 6.07) is 4.93. The van der Waals surface area contributed by atoms with Gasteiger partial charge in [0.2, 0.25) is 5.91 Å². The van der Waals surface area contributed by atoms with Crippen LogP contribution in [0, 0.1) is 0 Å². The lowest BCUT2D eigenvalue weighted by Gasteiger charge is -2.17. The maximum absolute atomic E-state index is 12.6. The number of nitrogen functional groups attached to an aromatic ring is 1. The zero-order chi connectivity index (χ0) is 20.7. The van der Waals surface area contributed by atoms with Crippen molar-refractivity contribution < 1.29 is 23.5 Å². The van der Waals surface area contributed by atoms with Crippen LogP contribution in [0.25, 0.3) is 11.0 Å². The summed E-state index contributed by atoms with van der Waals surface area (Å²) in [5.41, 5.74) is 5.33. The molecule has 0 aliphatic heterocycles. The summed E-state index contributed by atoms with van der Waals surface area (Å²) in [5.74, 6) is -1.74. The Kier molecular flexibility index (Phi) is 7.14. The van der Waals surface area contributed by atoms with E-state index < -0.39 is 23.5 Å². The Morgan fingerprint density at radius 2 is 1.96 bits per heavy atom. The van der Waals surface area contributed by atoms with E-state index in [1.165, 1.54) is 12.1 Å². The second-order valence-corrected chi connectivity index (χ2v) is 6.02. The number of ether oxygens (including phenoxy) is 1. The molecule has 0 saturated carbocycles. The molecule has 0 aliphatic carbocycles. The molecule has 9 nitrogen and oxygen atoms in total. The monoisotopic (exact) mass is 389 g/mol. The molecule has 0 fully saturated rings. The lowest BCUT2D eigenvalue weighted by molar-refractivity contribution is -0.145. The predicted molar refractivity (Wildman–Crippen MR) is 103 cm³/mol. The summed E-state index contributed by atoms with van der Waals surface area (Å²) < 4.78 is 10.1. The van der Waals surface area contributed by atoms with Crippen LogP contribution in [0.5, 0.6) is 0 Å². The molecule has 1 atom stereocenters. The van der Waals surface area contributed by atoms with Gasteiger partial charge in [0.15, 0.2) is 0 Å². The number of nitrogens with one attached hydrogen (secondary N) is 2. The topological polar surface area (TPSA) is 141 Å². The van der Waals surface area contributed by atoms with Crippen molar-refractivity contribution in [1.29, 1.82) is 0 Å². The van der Waals surface area contributed by atoms with Crippen molar-refractivity contribution in [3.63, 3.8) is 0 Å². The quantitative estimate of drug-likeness (QED) is 0.347. The number of amides is 2. The molecule has 1 aromatic heterocycles. The number of anilines is 1. The van der Waals surface area contributed by atoms with E-state index in [0.29, 0.717) is 17.6 Å². The molecular weight excluding hydrogens is 366 g/mol. The van der Waals surface area contributed by atoms with Gasteiger partial charge in [0.1, 0.15) is 17.2 Å². The maximum atomic E-state index is 12.6. The number of carbonyl (C=O) groups excluding carboxylic acids is 3. The van der Waals surface area contributed by atoms with E-state index in [1.807, 2.05) is 0 Å². The normalized spacial score (nSPS) is 11.6. The zero-order valence-electron chi connectivity index (χ0n) is 15.7. The Morgan fingerprint density at radius 3 is 2.64 bits per heavy atom. The lowest BCUT2D eigenvalue weighted by atomic mass is 10.1. The van der Waals surface area contributed by atoms with E-state index in [9.17, 15) is 19.2 Å². The Morgan fingerprint density at radius 1 is 1.21 bits per heavy atom. The molecule has 0 radical (unpaired) electrons. The highest BCUT2D eigenvalue weighted by molar-refractivity contribution is 5.99. The van der Waals surface area contributed by atoms with Crippen molar-refractivity contribution in [2.24, 2.45) is 0 Å². The van der Waals surface area contributed by atoms with Crippen LogP contribution in [0.4, 0.5) is 5.69 Å². The van der Waals surface area contributed by atoms with E-state index >= 15 is 0 Å². The molecule has 150 valence electrons. The lowest BCUT2D eigenvalue weighted by Crippen LogP contribution is -2.43. The van der Waals surface area contributed by atoms with Crippen molar-refractivity contribution in [3.8, 4) is 0 Å². The van der Waals surface area contributed by atoms with Crippen molar-refractivity contribution in [1.82, 2.24) is 10.6 Å². The summed E-state index contributed by atoms with van der Waals surface area (Å²) >= 11 is 0. The number of hydrogen-bond acceptors (Lipinski definition) is 7. The van der Waals surface area contributed by atoms with Gasteiger partial charge in [-0.3, -0.25) is 9.59 Å². The molecule has 4 N–H and O–H groups in total. The molecule has 2 rings (SSSR count). The highest BCUT2D eigenvalue weighted by Crippen LogP contribution is 2.17. The smallest absolute Gasteiger partial charge is 0.349 e. The van der Waals surface area contributed by atoms with Crippen LogP contribution in [0.1, 0.15) is 37.0 Å². The molecule has 1 aromatic carbocycles. The van der Waals surface area contributed by atoms with Gasteiger partial charge in [0.05, 0.1) is 6.61 Å². The first kappa shape index (κ1) is 20.9. The number of rotatable bonds is 8. The first-order valence-electron chi connectivity index (χ1n) is 8.93. The Bertz CT molecular complexity index is 937. The van der Waals surface area contributed by atoms with Crippen LogP contribution < -0.4 is 22.0 Å². The number of fused-ring (bicyclic) bond motifs is 1. The second-order valence-electron chi connectivity index (χ2n) is 6.02. The first-order valence-corrected chi connectivity index (χ1v) is 8.93. The van der Waals surface area contributed by atoms with Gasteiger partial charge in [-0.2, -0.15) is 0 Å². The second kappa shape index (κ2) is 9.54. The Balaban J connectivity index is 2.22. The molecule has 0 saturated heterocycles. The van der Waals surface area contributed by atoms with Gasteiger partial charge in [0, 0.05) is 24.0 Å². The average Bonchev–Trinajstić information content (AvgIpc) is 2.65. The standard InChI is InChI=1S/C19H23N3O6/c1-3-21-16(23)8-6-14(19(26)27-4-2)22-17(24)13-10-11-9-12(20)5-7-15(11)28-18(13)25/h5,7,9-10,14H,3-4,6,8,20H2,1-2H3,(H,21,23)(H,22,24)/t14-/m1/s1. The Hall–Kier alpha value is -3.36. The van der Waals surface area contributed by atoms with E-state index in [-0.39, 0.29) is 36.5 Å². The van der Waals surface area contributed by atoms with Gasteiger partial charge in [-0.05, 0) is 44.5 Å². The van der Waals surface area contributed by atoms with E-state index in [0.717, 1.165) is 0 Å². The van der Waals surface area contributed by atoms with E-state index in [2.05, 4.69) is 10.6 Å². The minimum atomic E-state index is -1.08. The third kappa shape index (κ3) is 5.32. The van der Waals surface area contributed by atoms with Crippen molar-refractivity contribution in [2.45, 2.75) is 32.7 Å². The molecule has 9 heteroatoms. The van der Waals surface area contributed by atoms with Gasteiger partial charge in [-0.1, -0.05) is 0 Å². The summed E-state index contributed by atoms with van der Waals surface area (Å²) in [5, 5.41) is 5.53. The number of benzene rings is 1. The van der Waals surface area contributed by atoms with Crippen LogP contribution >= 0.6 is 0 Å². The molecule has 0 bridgehead atoms. The van der Waals surface area contributed by atoms with Crippen molar-refractivity contribution in [3.05, 3.63) is 40.2 Å². The summed E-state index contributed by atoms with van der Waals surface area (Å²) in [4.78, 5) is 48.5. The molecular formula is C19H23N3O6. The molecule has 0 unspecified atom stereocenters. The SMILES string of the molecule is CCNC(=O)CC[C@@H](NC(=O)c1cc2cc(N)ccc2oc1=O)C(=O)OCC.